The molecule has 6 aliphatic rings. The summed E-state index contributed by atoms with van der Waals surface area (Å²) in [5, 5.41) is 18.8. The zero-order valence-electron chi connectivity index (χ0n) is 64.3. The van der Waals surface area contributed by atoms with Crippen LogP contribution in [0.5, 0.6) is 5.75 Å². The first-order valence-electron chi connectivity index (χ1n) is 40.0. The van der Waals surface area contributed by atoms with Crippen molar-refractivity contribution in [3.63, 3.8) is 0 Å². The number of ether oxygens (including phenoxy) is 1. The van der Waals surface area contributed by atoms with Crippen molar-refractivity contribution >= 4 is 69.6 Å². The van der Waals surface area contributed by atoms with Gasteiger partial charge in [0.15, 0.2) is 0 Å². The number of hydrogen-bond acceptors (Lipinski definition) is 10. The summed E-state index contributed by atoms with van der Waals surface area (Å²) in [6, 6.07) is 54.0. The summed E-state index contributed by atoms with van der Waals surface area (Å²) in [7, 11) is 0. The van der Waals surface area contributed by atoms with Gasteiger partial charge in [0.25, 0.3) is 0 Å². The van der Waals surface area contributed by atoms with Crippen molar-refractivity contribution < 1.29 is 58.6 Å². The lowest BCUT2D eigenvalue weighted by molar-refractivity contribution is -0.274. The number of carbonyl (C=O) groups is 3. The molecule has 6 N–H and O–H groups in total. The predicted octanol–water partition coefficient (Wildman–Crippen LogP) is 21.1. The van der Waals surface area contributed by atoms with Gasteiger partial charge >= 0.3 is 6.36 Å². The standard InChI is InChI=1S/C31H32ClF4N3O2.C30H31ClF3N3O.C30H32ClF2N3O/c32-27-19-24(11-14-28(27)33)38-29(40)20-37-30(15-17-39(18-16-30)25-3-1-2-4-25)23-9-5-21(6-10-23)22-7-12-26(13-8-22)41-31(34,35)36;31-27-18-25(9-10-28(27)34)36-29(38)19-35-30(11-13-37(14-12-30)26-3-1-2-4-26)22-7-5-20(6-8-22)21-15-23(32)17-24(33)16-21;31-27-19-25(12-13-28(27)33)35-29(37)20-34-30(14-16-36(17-15-30)26-6-1-2-7-26)23-10-8-21(9-11-23)22-4-3-5-24(32)18-22/h5-14,19,25,37H,1-4,15-18,20H2,(H,38,40);5-10,15-18,26,35H,1-4,11-14,19H2,(H,36,38);3-5,8-13,18-19,26,34H,1-2,6-7,14-17,20H2,(H,35,37). The molecule has 13 nitrogen and oxygen atoms in total. The Kier molecular flexibility index (Phi) is 28.4. The van der Waals surface area contributed by atoms with Crippen LogP contribution in [0.25, 0.3) is 33.4 Å². The molecule has 3 aliphatic heterocycles. The van der Waals surface area contributed by atoms with Crippen LogP contribution in [-0.2, 0) is 31.0 Å². The van der Waals surface area contributed by atoms with E-state index >= 15 is 0 Å². The van der Waals surface area contributed by atoms with Crippen LogP contribution < -0.4 is 36.6 Å². The van der Waals surface area contributed by atoms with Crippen LogP contribution in [-0.4, -0.2) is 116 Å². The van der Waals surface area contributed by atoms with Gasteiger partial charge in [0.2, 0.25) is 17.7 Å². The lowest BCUT2D eigenvalue weighted by Crippen LogP contribution is -2.54. The van der Waals surface area contributed by atoms with E-state index in [0.717, 1.165) is 128 Å². The van der Waals surface area contributed by atoms with Gasteiger partial charge in [0.05, 0.1) is 34.7 Å². The van der Waals surface area contributed by atoms with Gasteiger partial charge in [0, 0.05) is 97.1 Å². The Labute approximate surface area is 686 Å². The molecule has 0 radical (unpaired) electrons. The molecule has 0 spiro atoms. The van der Waals surface area contributed by atoms with Crippen molar-refractivity contribution in [1.82, 2.24) is 30.7 Å². The maximum absolute atomic E-state index is 13.8. The van der Waals surface area contributed by atoms with Crippen molar-refractivity contribution in [1.29, 1.82) is 0 Å². The highest BCUT2D eigenvalue weighted by Crippen LogP contribution is 2.42. The van der Waals surface area contributed by atoms with Gasteiger partial charge in [-0.1, -0.05) is 170 Å². The molecule has 3 amide bonds. The average Bonchev–Trinajstić information content (AvgIpc) is 0.953. The molecule has 25 heteroatoms. The minimum atomic E-state index is -4.74. The number of carbonyl (C=O) groups excluding carboxylic acids is 3. The van der Waals surface area contributed by atoms with E-state index in [0.29, 0.717) is 40.8 Å². The van der Waals surface area contributed by atoms with Crippen molar-refractivity contribution in [2.75, 3.05) is 74.9 Å². The molecule has 0 bridgehead atoms. The monoisotopic (exact) mass is 1650 g/mol. The van der Waals surface area contributed by atoms with E-state index in [9.17, 15) is 53.9 Å². The third-order valence-electron chi connectivity index (χ3n) is 23.9. The van der Waals surface area contributed by atoms with Gasteiger partial charge in [-0.3, -0.25) is 30.3 Å². The van der Waals surface area contributed by atoms with E-state index in [2.05, 4.69) is 63.5 Å². The highest BCUT2D eigenvalue weighted by Gasteiger charge is 2.42. The highest BCUT2D eigenvalue weighted by molar-refractivity contribution is 6.31. The van der Waals surface area contributed by atoms with E-state index in [4.69, 9.17) is 34.8 Å². The lowest BCUT2D eigenvalue weighted by atomic mass is 9.79. The molecule has 15 rings (SSSR count). The van der Waals surface area contributed by atoms with Crippen molar-refractivity contribution in [3.8, 4) is 39.1 Å². The molecular formula is C91H95Cl3F9N9O4. The fourth-order valence-corrected chi connectivity index (χ4v) is 18.1. The Morgan fingerprint density at radius 1 is 0.353 bits per heavy atom. The smallest absolute Gasteiger partial charge is 0.406 e. The highest BCUT2D eigenvalue weighted by atomic mass is 35.5. The summed E-state index contributed by atoms with van der Waals surface area (Å²) < 4.78 is 123. The summed E-state index contributed by atoms with van der Waals surface area (Å²) in [6.45, 7) is 5.84. The van der Waals surface area contributed by atoms with Gasteiger partial charge in [0.1, 0.15) is 40.7 Å². The van der Waals surface area contributed by atoms with Gasteiger partial charge in [-0.25, -0.2) is 26.3 Å². The molecule has 6 fully saturated rings. The Morgan fingerprint density at radius 3 is 0.948 bits per heavy atom. The second-order valence-corrected chi connectivity index (χ2v) is 32.5. The molecule has 116 heavy (non-hydrogen) atoms. The summed E-state index contributed by atoms with van der Waals surface area (Å²) in [6.07, 6.45) is 15.5. The van der Waals surface area contributed by atoms with Crippen LogP contribution >= 0.6 is 34.8 Å². The molecule has 612 valence electrons. The third-order valence-corrected chi connectivity index (χ3v) is 24.8. The van der Waals surface area contributed by atoms with E-state index in [1.54, 1.807) is 18.2 Å². The fourth-order valence-electron chi connectivity index (χ4n) is 17.6. The first kappa shape index (κ1) is 85.1. The number of rotatable bonds is 22. The van der Waals surface area contributed by atoms with Crippen LogP contribution in [0.2, 0.25) is 15.1 Å². The third kappa shape index (κ3) is 22.3. The summed E-state index contributed by atoms with van der Waals surface area (Å²) >= 11 is 17.6. The molecular weight excluding hydrogens is 1560 g/mol. The largest absolute Gasteiger partial charge is 0.573 e. The number of nitrogens with one attached hydrogen (secondary N) is 6. The number of likely N-dealkylation sites (tertiary alicyclic amines) is 3. The predicted molar refractivity (Wildman–Crippen MR) is 441 cm³/mol. The van der Waals surface area contributed by atoms with Crippen LogP contribution in [0.1, 0.15) is 132 Å². The Bertz CT molecular complexity index is 4790. The zero-order valence-corrected chi connectivity index (χ0v) is 66.6. The van der Waals surface area contributed by atoms with Crippen LogP contribution in [0.3, 0.4) is 0 Å². The Hall–Kier alpha value is -8.81. The average molecular weight is 1660 g/mol. The number of amides is 3. The fraction of sp³-hybridized carbons (Fsp3) is 0.374. The van der Waals surface area contributed by atoms with Crippen molar-refractivity contribution in [2.45, 2.75) is 157 Å². The van der Waals surface area contributed by atoms with Crippen LogP contribution in [0.15, 0.2) is 194 Å². The number of halogens is 12. The first-order chi connectivity index (χ1) is 55.8. The molecule has 3 saturated heterocycles. The summed E-state index contributed by atoms with van der Waals surface area (Å²) in [4.78, 5) is 46.2. The van der Waals surface area contributed by atoms with Gasteiger partial charge in [-0.15, -0.1) is 13.2 Å². The number of nitrogens with zero attached hydrogens (tertiary/aromatic N) is 3. The molecule has 0 atom stereocenters. The molecule has 3 saturated carbocycles. The normalized spacial score (nSPS) is 18.0. The number of alkyl halides is 3. The Balaban J connectivity index is 0.000000152. The molecule has 0 unspecified atom stereocenters. The van der Waals surface area contributed by atoms with Gasteiger partial charge < -0.3 is 35.4 Å². The maximum Gasteiger partial charge on any atom is 0.573 e. The molecule has 0 aromatic heterocycles. The SMILES string of the molecule is O=C(CNC1(c2ccc(-c3cc(F)cc(F)c3)cc2)CCN(C2CCCC2)CC1)Nc1ccc(F)c(Cl)c1.O=C(CNC1(c2ccc(-c3ccc(OC(F)(F)F)cc3)cc2)CCN(C2CCCC2)CC1)Nc1ccc(F)c(Cl)c1.O=C(CNC1(c2ccc(-c3cccc(F)c3)cc2)CCN(C2CCCC2)CC1)Nc1ccc(F)c(Cl)c1. The van der Waals surface area contributed by atoms with E-state index < -0.39 is 46.5 Å². The molecule has 9 aromatic carbocycles. The molecule has 3 heterocycles. The van der Waals surface area contributed by atoms with E-state index in [-0.39, 0.29) is 69.5 Å². The lowest BCUT2D eigenvalue weighted by Gasteiger charge is -2.45. The number of piperidine rings is 3. The first-order valence-corrected chi connectivity index (χ1v) is 41.1. The minimum Gasteiger partial charge on any atom is -0.406 e. The Morgan fingerprint density at radius 2 is 0.647 bits per heavy atom. The number of hydrogen-bond donors (Lipinski definition) is 6. The van der Waals surface area contributed by atoms with Gasteiger partial charge in [-0.2, -0.15) is 0 Å². The summed E-state index contributed by atoms with van der Waals surface area (Å²) in [5.41, 5.74) is 7.89. The summed E-state index contributed by atoms with van der Waals surface area (Å²) in [5.74, 6) is -4.09. The zero-order chi connectivity index (χ0) is 81.6. The van der Waals surface area contributed by atoms with E-state index in [1.165, 1.54) is 168 Å². The van der Waals surface area contributed by atoms with Crippen LogP contribution in [0.4, 0.5) is 56.6 Å². The minimum absolute atomic E-state index is 0.0279. The second-order valence-electron chi connectivity index (χ2n) is 31.2. The number of benzene rings is 9. The quantitative estimate of drug-likeness (QED) is 0.0363. The number of anilines is 3. The molecule has 3 aliphatic carbocycles. The second kappa shape index (κ2) is 38.7. The van der Waals surface area contributed by atoms with E-state index in [1.807, 2.05) is 66.7 Å². The molecule has 9 aromatic rings. The van der Waals surface area contributed by atoms with Crippen molar-refractivity contribution in [2.24, 2.45) is 0 Å². The maximum atomic E-state index is 13.8. The van der Waals surface area contributed by atoms with Crippen LogP contribution in [0, 0.1) is 34.9 Å². The van der Waals surface area contributed by atoms with Gasteiger partial charge in [-0.05, 0) is 218 Å². The topological polar surface area (TPSA) is 142 Å². The van der Waals surface area contributed by atoms with Crippen molar-refractivity contribution in [3.05, 3.63) is 261 Å².